The van der Waals surface area contributed by atoms with Crippen molar-refractivity contribution in [3.05, 3.63) is 71.6 Å². The van der Waals surface area contributed by atoms with Crippen molar-refractivity contribution in [3.8, 4) is 0 Å². The summed E-state index contributed by atoms with van der Waals surface area (Å²) in [6, 6.07) is 13.9. The number of piperazine rings is 1. The third kappa shape index (κ3) is 5.87. The zero-order chi connectivity index (χ0) is 22.4. The minimum Gasteiger partial charge on any atom is -0.368 e. The second-order valence-electron chi connectivity index (χ2n) is 7.81. The molecule has 0 aliphatic carbocycles. The molecule has 2 heterocycles. The van der Waals surface area contributed by atoms with Crippen LogP contribution in [0.1, 0.15) is 35.6 Å². The lowest BCUT2D eigenvalue weighted by molar-refractivity contribution is -0.124. The number of nitrogens with zero attached hydrogens (tertiary/aromatic N) is 3. The van der Waals surface area contributed by atoms with Gasteiger partial charge >= 0.3 is 0 Å². The number of carbonyl (C=O) groups excluding carboxylic acids is 2. The van der Waals surface area contributed by atoms with Gasteiger partial charge in [-0.05, 0) is 63.4 Å². The van der Waals surface area contributed by atoms with Gasteiger partial charge in [0.1, 0.15) is 0 Å². The summed E-state index contributed by atoms with van der Waals surface area (Å²) in [6.07, 6.45) is 5.81. The molecule has 2 aromatic rings. The Morgan fingerprint density at radius 1 is 1.03 bits per heavy atom. The summed E-state index contributed by atoms with van der Waals surface area (Å²) in [7, 11) is 2.15. The summed E-state index contributed by atoms with van der Waals surface area (Å²) in [6.45, 7) is 6.28. The molecule has 0 radical (unpaired) electrons. The fraction of sp³-hybridized carbons (Fsp3) is 0.292. The number of rotatable bonds is 6. The second-order valence-corrected chi connectivity index (χ2v) is 7.81. The summed E-state index contributed by atoms with van der Waals surface area (Å²) >= 11 is 0. The standard InChI is InChI=1S/C24H28N4O3/c1-17-15-28(16-18(2)27(17)3)22-9-4-6-19(14-22)23(29)12-10-20-7-5-8-21(25-20)11-13-24(30)26-31/h4-14,17-18,31H,15-16H2,1-3H3,(H,26,30)/b12-10+,13-11+/t17-,18+. The van der Waals surface area contributed by atoms with Crippen molar-refractivity contribution in [2.75, 3.05) is 25.0 Å². The van der Waals surface area contributed by atoms with Gasteiger partial charge in [-0.2, -0.15) is 0 Å². The van der Waals surface area contributed by atoms with Crippen LogP contribution in [0, 0.1) is 0 Å². The number of anilines is 1. The molecule has 162 valence electrons. The smallest absolute Gasteiger partial charge is 0.267 e. The Labute approximate surface area is 182 Å². The molecule has 31 heavy (non-hydrogen) atoms. The van der Waals surface area contributed by atoms with E-state index in [4.69, 9.17) is 5.21 Å². The van der Waals surface area contributed by atoms with Crippen LogP contribution in [0.4, 0.5) is 5.69 Å². The molecular formula is C24H28N4O3. The van der Waals surface area contributed by atoms with Gasteiger partial charge in [0, 0.05) is 42.5 Å². The zero-order valence-corrected chi connectivity index (χ0v) is 18.0. The van der Waals surface area contributed by atoms with E-state index >= 15 is 0 Å². The number of amides is 1. The molecule has 2 N–H and O–H groups in total. The number of likely N-dealkylation sites (N-methyl/N-ethyl adjacent to an activating group) is 1. The number of benzene rings is 1. The Morgan fingerprint density at radius 3 is 2.29 bits per heavy atom. The van der Waals surface area contributed by atoms with Gasteiger partial charge in [-0.3, -0.25) is 19.7 Å². The Hall–Kier alpha value is -3.29. The van der Waals surface area contributed by atoms with E-state index in [1.807, 2.05) is 24.3 Å². The SMILES string of the molecule is C[C@@H]1CN(c2cccc(C(=O)/C=C/c3cccc(/C=C/C(=O)NO)n3)c2)C[C@H](C)N1C. The first-order chi connectivity index (χ1) is 14.9. The van der Waals surface area contributed by atoms with Gasteiger partial charge in [-0.1, -0.05) is 18.2 Å². The molecule has 1 aromatic heterocycles. The minimum atomic E-state index is -0.637. The number of aromatic nitrogens is 1. The molecule has 7 heteroatoms. The summed E-state index contributed by atoms with van der Waals surface area (Å²) in [5.41, 5.74) is 4.34. The molecule has 7 nitrogen and oxygen atoms in total. The van der Waals surface area contributed by atoms with Crippen LogP contribution in [0.25, 0.3) is 12.2 Å². The van der Waals surface area contributed by atoms with E-state index in [9.17, 15) is 9.59 Å². The first kappa shape index (κ1) is 22.4. The van der Waals surface area contributed by atoms with Gasteiger partial charge < -0.3 is 4.90 Å². The molecule has 1 amide bonds. The summed E-state index contributed by atoms with van der Waals surface area (Å²) in [5, 5.41) is 8.54. The predicted molar refractivity (Wildman–Crippen MR) is 122 cm³/mol. The number of nitrogens with one attached hydrogen (secondary N) is 1. The molecule has 0 spiro atoms. The minimum absolute atomic E-state index is 0.0977. The molecule has 2 atom stereocenters. The second kappa shape index (κ2) is 10.1. The van der Waals surface area contributed by atoms with Crippen molar-refractivity contribution in [1.82, 2.24) is 15.4 Å². The maximum atomic E-state index is 12.7. The van der Waals surface area contributed by atoms with Crippen LogP contribution in [-0.4, -0.2) is 59.0 Å². The van der Waals surface area contributed by atoms with Gasteiger partial charge in [0.25, 0.3) is 5.91 Å². The van der Waals surface area contributed by atoms with Crippen LogP contribution in [0.3, 0.4) is 0 Å². The topological polar surface area (TPSA) is 85.8 Å². The highest BCUT2D eigenvalue weighted by Crippen LogP contribution is 2.23. The number of allylic oxidation sites excluding steroid dienone is 1. The molecule has 1 aliphatic rings. The Balaban J connectivity index is 1.71. The van der Waals surface area contributed by atoms with Gasteiger partial charge in [0.15, 0.2) is 5.78 Å². The summed E-state index contributed by atoms with van der Waals surface area (Å²) < 4.78 is 0. The maximum Gasteiger partial charge on any atom is 0.267 e. The molecule has 0 unspecified atom stereocenters. The van der Waals surface area contributed by atoms with E-state index in [0.717, 1.165) is 18.8 Å². The average molecular weight is 421 g/mol. The number of hydroxylamine groups is 1. The number of hydrogen-bond donors (Lipinski definition) is 2. The predicted octanol–water partition coefficient (Wildman–Crippen LogP) is 3.03. The zero-order valence-electron chi connectivity index (χ0n) is 18.0. The van der Waals surface area contributed by atoms with Crippen LogP contribution in [0.15, 0.2) is 54.6 Å². The number of ketones is 1. The van der Waals surface area contributed by atoms with E-state index in [-0.39, 0.29) is 5.78 Å². The highest BCUT2D eigenvalue weighted by molar-refractivity contribution is 6.07. The highest BCUT2D eigenvalue weighted by Gasteiger charge is 2.26. The number of pyridine rings is 1. The summed E-state index contributed by atoms with van der Waals surface area (Å²) in [5.74, 6) is -0.735. The molecule has 3 rings (SSSR count). The fourth-order valence-corrected chi connectivity index (χ4v) is 3.58. The Bertz CT molecular complexity index is 990. The van der Waals surface area contributed by atoms with Gasteiger partial charge in [0.05, 0.1) is 11.4 Å². The Morgan fingerprint density at radius 2 is 1.65 bits per heavy atom. The lowest BCUT2D eigenvalue weighted by Gasteiger charge is -2.43. The highest BCUT2D eigenvalue weighted by atomic mass is 16.5. The third-order valence-electron chi connectivity index (χ3n) is 5.57. The normalized spacial score (nSPS) is 19.8. The van der Waals surface area contributed by atoms with Crippen LogP contribution < -0.4 is 10.4 Å². The van der Waals surface area contributed by atoms with Crippen molar-refractivity contribution >= 4 is 29.5 Å². The third-order valence-corrected chi connectivity index (χ3v) is 5.57. The molecule has 1 saturated heterocycles. The van der Waals surface area contributed by atoms with Gasteiger partial charge in [-0.25, -0.2) is 10.5 Å². The van der Waals surface area contributed by atoms with Crippen LogP contribution in [0.5, 0.6) is 0 Å². The van der Waals surface area contributed by atoms with Crippen LogP contribution in [-0.2, 0) is 4.79 Å². The Kier molecular flexibility index (Phi) is 7.33. The van der Waals surface area contributed by atoms with Crippen molar-refractivity contribution in [3.63, 3.8) is 0 Å². The van der Waals surface area contributed by atoms with E-state index in [2.05, 4.69) is 35.7 Å². The number of carbonyl (C=O) groups is 2. The molecule has 1 aliphatic heterocycles. The maximum absolute atomic E-state index is 12.7. The monoisotopic (exact) mass is 420 g/mol. The average Bonchev–Trinajstić information content (AvgIpc) is 2.79. The van der Waals surface area contributed by atoms with E-state index < -0.39 is 5.91 Å². The molecule has 1 fully saturated rings. The summed E-state index contributed by atoms with van der Waals surface area (Å²) in [4.78, 5) is 32.9. The number of hydrogen-bond acceptors (Lipinski definition) is 6. The van der Waals surface area contributed by atoms with Gasteiger partial charge in [0.2, 0.25) is 0 Å². The van der Waals surface area contributed by atoms with E-state index in [1.165, 1.54) is 23.7 Å². The van der Waals surface area contributed by atoms with Crippen molar-refractivity contribution in [2.45, 2.75) is 25.9 Å². The van der Waals surface area contributed by atoms with Crippen molar-refractivity contribution < 1.29 is 14.8 Å². The molecule has 0 bridgehead atoms. The quantitative estimate of drug-likeness (QED) is 0.323. The van der Waals surface area contributed by atoms with Crippen molar-refractivity contribution in [1.29, 1.82) is 0 Å². The molecule has 1 aromatic carbocycles. The van der Waals surface area contributed by atoms with E-state index in [1.54, 1.807) is 24.3 Å². The fourth-order valence-electron chi connectivity index (χ4n) is 3.58. The first-order valence-corrected chi connectivity index (χ1v) is 10.3. The largest absolute Gasteiger partial charge is 0.368 e. The molecule has 0 saturated carbocycles. The lowest BCUT2D eigenvalue weighted by Crippen LogP contribution is -2.55. The van der Waals surface area contributed by atoms with Crippen molar-refractivity contribution in [2.24, 2.45) is 0 Å². The van der Waals surface area contributed by atoms with Gasteiger partial charge in [-0.15, -0.1) is 0 Å². The van der Waals surface area contributed by atoms with Crippen LogP contribution in [0.2, 0.25) is 0 Å². The van der Waals surface area contributed by atoms with Crippen LogP contribution >= 0.6 is 0 Å². The first-order valence-electron chi connectivity index (χ1n) is 10.3. The van der Waals surface area contributed by atoms with E-state index in [0.29, 0.717) is 29.0 Å². The molecular weight excluding hydrogens is 392 g/mol. The lowest BCUT2D eigenvalue weighted by atomic mass is 10.1.